The van der Waals surface area contributed by atoms with Crippen molar-refractivity contribution in [2.75, 3.05) is 56.9 Å². The van der Waals surface area contributed by atoms with Gasteiger partial charge in [-0.25, -0.2) is 61.3 Å². The number of hydrogen-bond donors (Lipinski definition) is 3. The van der Waals surface area contributed by atoms with E-state index in [1.54, 1.807) is 135 Å². The zero-order valence-electron chi connectivity index (χ0n) is 78.2. The number of aromatic nitrogens is 18. The van der Waals surface area contributed by atoms with Gasteiger partial charge in [0.25, 0.3) is 29.1 Å². The van der Waals surface area contributed by atoms with Crippen molar-refractivity contribution < 1.29 is 136 Å². The molecule has 0 amide bonds. The van der Waals surface area contributed by atoms with Gasteiger partial charge in [-0.3, -0.25) is 38.4 Å². The lowest BCUT2D eigenvalue weighted by atomic mass is 9.97. The van der Waals surface area contributed by atoms with Gasteiger partial charge in [-0.15, -0.1) is 30.6 Å². The number of ether oxygens (including phenoxy) is 10. The SMILES string of the molecule is COC(=O)c1nnc(C(=O)c2c[nH]c3ccc(F)cc23)s1.COC(=O)c1nnc(C(=O)c2c[nH]c3ccc(F)cc23)s1.COC(=O)c1nnc(C(=O)c2cn(COC(=O)C(C)(C)C)c3ccc(OC)cc23)o1.COC(=O)c1nsc(C(=O)c2c[nH]c3ccc(F)cc23)n1.COC(=O)c1nsc(C(=O)c2cn(C)c3ccc(F)cc23)n1.COC(=O)c1nsc(C(=O)c2cn(COC(=O)C(C)(C)C)c3ccc(OC)cc23)n1. The summed E-state index contributed by atoms with van der Waals surface area (Å²) in [5.41, 5.74) is 4.30. The Morgan fingerprint density at radius 2 is 0.648 bits per heavy atom. The van der Waals surface area contributed by atoms with Crippen LogP contribution in [0, 0.1) is 34.1 Å². The maximum atomic E-state index is 13.4. The van der Waals surface area contributed by atoms with Gasteiger partial charge >= 0.3 is 53.6 Å². The molecule has 145 heavy (non-hydrogen) atoms. The molecule has 18 aromatic rings. The van der Waals surface area contributed by atoms with Crippen LogP contribution < -0.4 is 9.47 Å². The van der Waals surface area contributed by atoms with Crippen LogP contribution >= 0.6 is 57.3 Å². The minimum Gasteiger partial charge on any atom is -0.497 e. The second-order valence-corrected chi connectivity index (χ2v) is 36.0. The van der Waals surface area contributed by atoms with Crippen molar-refractivity contribution in [1.29, 1.82) is 0 Å². The zero-order valence-corrected chi connectivity index (χ0v) is 82.3. The van der Waals surface area contributed by atoms with Crippen molar-refractivity contribution in [2.24, 2.45) is 17.9 Å². The highest BCUT2D eigenvalue weighted by Crippen LogP contribution is 2.35. The summed E-state index contributed by atoms with van der Waals surface area (Å²) in [4.78, 5) is 189. The predicted molar refractivity (Wildman–Crippen MR) is 508 cm³/mol. The lowest BCUT2D eigenvalue weighted by molar-refractivity contribution is -0.157. The number of nitrogens with one attached hydrogen (secondary N) is 3. The Labute approximate surface area is 832 Å². The molecule has 0 unspecified atom stereocenters. The van der Waals surface area contributed by atoms with E-state index >= 15 is 0 Å². The van der Waals surface area contributed by atoms with Gasteiger partial charge in [-0.2, -0.15) is 13.1 Å². The number of benzene rings is 6. The first-order valence-electron chi connectivity index (χ1n) is 41.6. The molecule has 0 saturated carbocycles. The highest BCUT2D eigenvalue weighted by molar-refractivity contribution is 7.15. The van der Waals surface area contributed by atoms with E-state index in [2.05, 4.69) is 102 Å². The van der Waals surface area contributed by atoms with Gasteiger partial charge in [0, 0.05) is 98.6 Å². The first kappa shape index (κ1) is 105. The third-order valence-corrected chi connectivity index (χ3v) is 24.3. The first-order chi connectivity index (χ1) is 69.1. The molecule has 6 aromatic carbocycles. The number of carbonyl (C=O) groups excluding carboxylic acids is 14. The van der Waals surface area contributed by atoms with Gasteiger partial charge in [-0.1, -0.05) is 22.7 Å². The third kappa shape index (κ3) is 23.8. The number of aromatic amines is 3. The molecule has 3 N–H and O–H groups in total. The Bertz CT molecular complexity index is 7600. The second-order valence-electron chi connectivity index (χ2n) is 31.8. The summed E-state index contributed by atoms with van der Waals surface area (Å²) in [5.74, 6) is -9.74. The molecule has 18 rings (SSSR count). The molecule has 43 nitrogen and oxygen atoms in total. The number of hydrogen-bond acceptors (Lipinski definition) is 42. The molecule has 0 bridgehead atoms. The molecule has 0 aliphatic heterocycles. The molecule has 0 radical (unpaired) electrons. The fourth-order valence-corrected chi connectivity index (χ4v) is 16.3. The maximum Gasteiger partial charge on any atom is 0.396 e. The average molecular weight is 2080 g/mol. The third-order valence-electron chi connectivity index (χ3n) is 20.3. The molecule has 746 valence electrons. The van der Waals surface area contributed by atoms with E-state index in [1.165, 1.54) is 123 Å². The summed E-state index contributed by atoms with van der Waals surface area (Å²) in [6, 6.07) is 26.9. The maximum absolute atomic E-state index is 13.4. The molecular weight excluding hydrogens is 2010 g/mol. The molecular formula is C93H76F4N18O25S5. The lowest BCUT2D eigenvalue weighted by Gasteiger charge is -2.17. The average Bonchev–Trinajstić information content (AvgIpc) is 1.62. The fourth-order valence-electron chi connectivity index (χ4n) is 13.1. The first-order valence-corrected chi connectivity index (χ1v) is 45.6. The van der Waals surface area contributed by atoms with Crippen LogP contribution in [0.25, 0.3) is 65.4 Å². The normalized spacial score (nSPS) is 11.0. The number of halogens is 4. The number of esters is 8. The van der Waals surface area contributed by atoms with Crippen molar-refractivity contribution in [2.45, 2.75) is 55.0 Å². The van der Waals surface area contributed by atoms with Crippen LogP contribution in [0.3, 0.4) is 0 Å². The predicted octanol–water partition coefficient (Wildman–Crippen LogP) is 14.4. The van der Waals surface area contributed by atoms with Crippen LogP contribution in [0.2, 0.25) is 0 Å². The minimum atomic E-state index is -0.847. The number of H-pyrrole nitrogens is 3. The van der Waals surface area contributed by atoms with Gasteiger partial charge in [0.2, 0.25) is 38.9 Å². The zero-order chi connectivity index (χ0) is 105. The second kappa shape index (κ2) is 45.0. The van der Waals surface area contributed by atoms with Crippen molar-refractivity contribution in [3.05, 3.63) is 267 Å². The van der Waals surface area contributed by atoms with Gasteiger partial charge in [0.05, 0.1) is 112 Å². The van der Waals surface area contributed by atoms with E-state index in [-0.39, 0.29) is 106 Å². The van der Waals surface area contributed by atoms with E-state index < -0.39 is 111 Å². The van der Waals surface area contributed by atoms with Crippen molar-refractivity contribution in [1.82, 2.24) is 87.3 Å². The topological polar surface area (TPSA) is 561 Å². The largest absolute Gasteiger partial charge is 0.497 e. The molecule has 0 fully saturated rings. The van der Waals surface area contributed by atoms with Crippen LogP contribution in [0.15, 0.2) is 151 Å². The molecule has 0 aliphatic rings. The number of rotatable bonds is 24. The van der Waals surface area contributed by atoms with Crippen LogP contribution in [-0.2, 0) is 68.0 Å². The summed E-state index contributed by atoms with van der Waals surface area (Å²) in [6.07, 6.45) is 9.14. The van der Waals surface area contributed by atoms with E-state index in [0.29, 0.717) is 82.5 Å². The Hall–Kier alpha value is -17.4. The number of nitrogens with zero attached hydrogens (tertiary/aromatic N) is 15. The summed E-state index contributed by atoms with van der Waals surface area (Å²) < 4.78 is 123. The van der Waals surface area contributed by atoms with Gasteiger partial charge in [0.15, 0.2) is 38.5 Å². The lowest BCUT2D eigenvalue weighted by Crippen LogP contribution is -2.23. The van der Waals surface area contributed by atoms with Crippen LogP contribution in [0.5, 0.6) is 11.5 Å². The highest BCUT2D eigenvalue weighted by atomic mass is 32.1. The molecule has 0 atom stereocenters. The van der Waals surface area contributed by atoms with E-state index in [1.807, 2.05) is 0 Å². The number of aryl methyl sites for hydroxylation is 1. The van der Waals surface area contributed by atoms with E-state index in [4.69, 9.17) is 23.4 Å². The highest BCUT2D eigenvalue weighted by Gasteiger charge is 2.33. The van der Waals surface area contributed by atoms with Crippen molar-refractivity contribution >= 4 is 205 Å². The van der Waals surface area contributed by atoms with Crippen LogP contribution in [0.4, 0.5) is 17.6 Å². The molecule has 12 aromatic heterocycles. The summed E-state index contributed by atoms with van der Waals surface area (Å²) in [6.45, 7) is 10.4. The van der Waals surface area contributed by atoms with E-state index in [9.17, 15) is 84.7 Å². The standard InChI is InChI=1S/C20H21N3O7.C20H21N3O6S.C14H10FN3O3S.3C13H8FN3O3S/c1-20(2,3)19(26)29-10-23-9-13(12-8-11(27-4)6-7-14(12)23)15(24)16-21-22-17(30-16)18(25)28-5;1-20(2,3)19(26)29-10-23-9-13(12-8-11(27-4)6-7-14(12)23)15(24)17-21-16(22-30-17)18(25)28-5;1-18-6-9(8-5-7(15)3-4-10(8)18)11(19)13-16-12(17-22-13)14(20)21-2;1-20-13(19)11-16-12(21-17-11)10(18)8-5-15-9-3-2-6(14)4-7(8)9;2*1-20-13(19)12-17-16-11(21-12)10(18)8-5-15-9-3-2-6(14)4-7(8)9/h2*6-9H,10H2,1-5H3;3-6H,1-2H3;3*2-5,15H,1H3. The van der Waals surface area contributed by atoms with Gasteiger partial charge in [0.1, 0.15) is 34.8 Å². The minimum absolute atomic E-state index is 0.00753. The van der Waals surface area contributed by atoms with Crippen molar-refractivity contribution in [3.63, 3.8) is 0 Å². The Morgan fingerprint density at radius 1 is 0.338 bits per heavy atom. The quantitative estimate of drug-likeness (QED) is 0.0219. The Morgan fingerprint density at radius 3 is 1.01 bits per heavy atom. The van der Waals surface area contributed by atoms with Crippen LogP contribution in [-0.4, -0.2) is 227 Å². The number of fused-ring (bicyclic) bond motifs is 6. The molecule has 0 saturated heterocycles. The Kier molecular flexibility index (Phi) is 32.6. The summed E-state index contributed by atoms with van der Waals surface area (Å²) in [5, 5.41) is 24.9. The molecule has 52 heteroatoms. The number of ketones is 6. The molecule has 12 heterocycles. The number of carbonyl (C=O) groups is 14. The summed E-state index contributed by atoms with van der Waals surface area (Å²) >= 11 is 4.07. The van der Waals surface area contributed by atoms with Gasteiger partial charge < -0.3 is 80.4 Å². The monoisotopic (exact) mass is 2080 g/mol. The molecule has 0 spiro atoms. The smallest absolute Gasteiger partial charge is 0.396 e. The Balaban J connectivity index is 0.000000147. The van der Waals surface area contributed by atoms with E-state index in [0.717, 1.165) is 69.9 Å². The van der Waals surface area contributed by atoms with Crippen molar-refractivity contribution in [3.8, 4) is 11.5 Å². The van der Waals surface area contributed by atoms with Crippen LogP contribution in [0.1, 0.15) is 197 Å². The number of methoxy groups -OCH3 is 8. The molecule has 0 aliphatic carbocycles. The fraction of sp³-hybridized carbons (Fsp3) is 0.204. The van der Waals surface area contributed by atoms with Gasteiger partial charge in [-0.05, 0) is 185 Å². The summed E-state index contributed by atoms with van der Waals surface area (Å²) in [7, 11) is 12.0.